The van der Waals surface area contributed by atoms with E-state index < -0.39 is 0 Å². The molecule has 0 amide bonds. The first-order chi connectivity index (χ1) is 9.74. The van der Waals surface area contributed by atoms with E-state index >= 15 is 0 Å². The highest BCUT2D eigenvalue weighted by Gasteiger charge is 2.15. The fourth-order valence-corrected chi connectivity index (χ4v) is 2.35. The highest BCUT2D eigenvalue weighted by Crippen LogP contribution is 2.26. The zero-order chi connectivity index (χ0) is 14.4. The van der Waals surface area contributed by atoms with Crippen molar-refractivity contribution in [3.8, 4) is 5.75 Å². The summed E-state index contributed by atoms with van der Waals surface area (Å²) < 4.78 is 5.43. The number of aromatic nitrogens is 1. The lowest BCUT2D eigenvalue weighted by Crippen LogP contribution is -2.23. The van der Waals surface area contributed by atoms with Gasteiger partial charge < -0.3 is 10.1 Å². The molecule has 1 aromatic heterocycles. The van der Waals surface area contributed by atoms with Crippen LogP contribution in [0.3, 0.4) is 0 Å². The molecule has 1 atom stereocenters. The number of benzene rings is 1. The monoisotopic (exact) mass is 270 g/mol. The van der Waals surface area contributed by atoms with Crippen LogP contribution in [0.1, 0.15) is 29.7 Å². The van der Waals surface area contributed by atoms with Crippen molar-refractivity contribution in [2.75, 3.05) is 13.7 Å². The van der Waals surface area contributed by atoms with Crippen LogP contribution in [0.25, 0.3) is 0 Å². The number of nitrogens with zero attached hydrogens (tertiary/aromatic N) is 1. The van der Waals surface area contributed by atoms with Gasteiger partial charge >= 0.3 is 0 Å². The van der Waals surface area contributed by atoms with E-state index in [2.05, 4.69) is 48.4 Å². The van der Waals surface area contributed by atoms with Gasteiger partial charge in [-0.1, -0.05) is 36.8 Å². The second-order valence-electron chi connectivity index (χ2n) is 4.92. The molecule has 1 unspecified atom stereocenters. The fraction of sp³-hybridized carbons (Fsp3) is 0.353. The molecule has 20 heavy (non-hydrogen) atoms. The zero-order valence-corrected chi connectivity index (χ0v) is 12.4. The molecule has 1 N–H and O–H groups in total. The molecule has 0 bridgehead atoms. The molecular formula is C17H22N2O. The van der Waals surface area contributed by atoms with Crippen LogP contribution in [0, 0.1) is 6.92 Å². The third-order valence-electron chi connectivity index (χ3n) is 3.42. The normalized spacial score (nSPS) is 12.2. The minimum absolute atomic E-state index is 0.237. The minimum Gasteiger partial charge on any atom is -0.495 e. The molecule has 1 aromatic carbocycles. The molecule has 0 fully saturated rings. The van der Waals surface area contributed by atoms with Crippen molar-refractivity contribution in [2.24, 2.45) is 0 Å². The van der Waals surface area contributed by atoms with E-state index in [0.29, 0.717) is 0 Å². The summed E-state index contributed by atoms with van der Waals surface area (Å²) in [5.74, 6) is 0.838. The summed E-state index contributed by atoms with van der Waals surface area (Å²) in [4.78, 5) is 4.12. The number of likely N-dealkylation sites (N-methyl/N-ethyl adjacent to an activating group) is 1. The summed E-state index contributed by atoms with van der Waals surface area (Å²) >= 11 is 0. The van der Waals surface area contributed by atoms with E-state index in [4.69, 9.17) is 4.74 Å². The van der Waals surface area contributed by atoms with E-state index in [9.17, 15) is 0 Å². The lowest BCUT2D eigenvalue weighted by Gasteiger charge is -2.20. The maximum absolute atomic E-state index is 5.43. The van der Waals surface area contributed by atoms with Gasteiger partial charge in [0, 0.05) is 17.8 Å². The lowest BCUT2D eigenvalue weighted by atomic mass is 9.98. The first-order valence-corrected chi connectivity index (χ1v) is 7.01. The molecule has 3 heteroatoms. The van der Waals surface area contributed by atoms with Gasteiger partial charge in [0.15, 0.2) is 0 Å². The van der Waals surface area contributed by atoms with E-state index in [-0.39, 0.29) is 6.04 Å². The van der Waals surface area contributed by atoms with Gasteiger partial charge in [-0.25, -0.2) is 0 Å². The second-order valence-corrected chi connectivity index (χ2v) is 4.92. The molecule has 0 saturated carbocycles. The Kier molecular flexibility index (Phi) is 5.13. The Hall–Kier alpha value is -1.87. The van der Waals surface area contributed by atoms with Gasteiger partial charge in [0.05, 0.1) is 13.3 Å². The van der Waals surface area contributed by atoms with Gasteiger partial charge in [-0.05, 0) is 31.5 Å². The van der Waals surface area contributed by atoms with Gasteiger partial charge in [-0.2, -0.15) is 0 Å². The smallest absolute Gasteiger partial charge is 0.141 e. The van der Waals surface area contributed by atoms with Crippen LogP contribution in [0.15, 0.2) is 42.7 Å². The zero-order valence-electron chi connectivity index (χ0n) is 12.4. The van der Waals surface area contributed by atoms with Gasteiger partial charge in [-0.15, -0.1) is 0 Å². The molecule has 0 aliphatic rings. The minimum atomic E-state index is 0.237. The Bertz CT molecular complexity index is 537. The predicted molar refractivity (Wildman–Crippen MR) is 82.1 cm³/mol. The molecule has 1 heterocycles. The Morgan fingerprint density at radius 2 is 1.95 bits per heavy atom. The van der Waals surface area contributed by atoms with Gasteiger partial charge in [0.1, 0.15) is 5.75 Å². The van der Waals surface area contributed by atoms with Crippen LogP contribution < -0.4 is 10.1 Å². The van der Waals surface area contributed by atoms with Crippen molar-refractivity contribution in [3.05, 3.63) is 59.4 Å². The Labute approximate surface area is 121 Å². The van der Waals surface area contributed by atoms with Crippen molar-refractivity contribution in [1.29, 1.82) is 0 Å². The summed E-state index contributed by atoms with van der Waals surface area (Å²) in [6.45, 7) is 5.15. The SMILES string of the molecule is CCNC(Cc1ccc(C)cc1)c1ccncc1OC. The third-order valence-corrected chi connectivity index (χ3v) is 3.42. The number of hydrogen-bond donors (Lipinski definition) is 1. The van der Waals surface area contributed by atoms with Gasteiger partial charge in [0.25, 0.3) is 0 Å². The van der Waals surface area contributed by atoms with Crippen LogP contribution in [0.4, 0.5) is 0 Å². The van der Waals surface area contributed by atoms with Crippen molar-refractivity contribution in [1.82, 2.24) is 10.3 Å². The highest BCUT2D eigenvalue weighted by molar-refractivity contribution is 5.34. The molecule has 0 aliphatic carbocycles. The van der Waals surface area contributed by atoms with Crippen LogP contribution in [0.5, 0.6) is 5.75 Å². The van der Waals surface area contributed by atoms with Crippen LogP contribution in [-0.4, -0.2) is 18.6 Å². The summed E-state index contributed by atoms with van der Waals surface area (Å²) in [5, 5.41) is 3.53. The van der Waals surface area contributed by atoms with E-state index in [1.807, 2.05) is 12.3 Å². The molecule has 2 rings (SSSR count). The Morgan fingerprint density at radius 3 is 2.60 bits per heavy atom. The van der Waals surface area contributed by atoms with E-state index in [0.717, 1.165) is 24.3 Å². The topological polar surface area (TPSA) is 34.2 Å². The van der Waals surface area contributed by atoms with Crippen molar-refractivity contribution >= 4 is 0 Å². The van der Waals surface area contributed by atoms with Crippen LogP contribution >= 0.6 is 0 Å². The largest absolute Gasteiger partial charge is 0.495 e. The number of aryl methyl sites for hydroxylation is 1. The molecule has 0 spiro atoms. The average Bonchev–Trinajstić information content (AvgIpc) is 2.49. The third kappa shape index (κ3) is 3.58. The molecule has 3 nitrogen and oxygen atoms in total. The van der Waals surface area contributed by atoms with Crippen LogP contribution in [-0.2, 0) is 6.42 Å². The second kappa shape index (κ2) is 7.06. The molecule has 0 saturated heterocycles. The lowest BCUT2D eigenvalue weighted by molar-refractivity contribution is 0.397. The van der Waals surface area contributed by atoms with Crippen LogP contribution in [0.2, 0.25) is 0 Å². The summed E-state index contributed by atoms with van der Waals surface area (Å²) in [5.41, 5.74) is 3.76. The molecular weight excluding hydrogens is 248 g/mol. The summed E-state index contributed by atoms with van der Waals surface area (Å²) in [6, 6.07) is 11.0. The first kappa shape index (κ1) is 14.5. The summed E-state index contributed by atoms with van der Waals surface area (Å²) in [6.07, 6.45) is 4.53. The quantitative estimate of drug-likeness (QED) is 0.874. The number of nitrogens with one attached hydrogen (secondary N) is 1. The van der Waals surface area contributed by atoms with Gasteiger partial charge in [-0.3, -0.25) is 4.98 Å². The molecule has 0 radical (unpaired) electrons. The maximum atomic E-state index is 5.43. The number of methoxy groups -OCH3 is 1. The maximum Gasteiger partial charge on any atom is 0.141 e. The van der Waals surface area contributed by atoms with E-state index in [1.165, 1.54) is 11.1 Å². The van der Waals surface area contributed by atoms with Crippen molar-refractivity contribution < 1.29 is 4.74 Å². The number of hydrogen-bond acceptors (Lipinski definition) is 3. The van der Waals surface area contributed by atoms with Crippen molar-refractivity contribution in [3.63, 3.8) is 0 Å². The average molecular weight is 270 g/mol. The Balaban J connectivity index is 2.24. The van der Waals surface area contributed by atoms with Crippen molar-refractivity contribution in [2.45, 2.75) is 26.3 Å². The first-order valence-electron chi connectivity index (χ1n) is 7.01. The number of rotatable bonds is 6. The Morgan fingerprint density at radius 1 is 1.20 bits per heavy atom. The van der Waals surface area contributed by atoms with Gasteiger partial charge in [0.2, 0.25) is 0 Å². The number of ether oxygens (including phenoxy) is 1. The standard InChI is InChI=1S/C17H22N2O/c1-4-19-16(11-14-7-5-13(2)6-8-14)15-9-10-18-12-17(15)20-3/h5-10,12,16,19H,4,11H2,1-3H3. The highest BCUT2D eigenvalue weighted by atomic mass is 16.5. The fourth-order valence-electron chi connectivity index (χ4n) is 2.35. The summed E-state index contributed by atoms with van der Waals surface area (Å²) in [7, 11) is 1.69. The molecule has 106 valence electrons. The molecule has 2 aromatic rings. The molecule has 0 aliphatic heterocycles. The predicted octanol–water partition coefficient (Wildman–Crippen LogP) is 3.29. The number of pyridine rings is 1. The van der Waals surface area contributed by atoms with E-state index in [1.54, 1.807) is 13.3 Å².